The highest BCUT2D eigenvalue weighted by molar-refractivity contribution is 6.30. The Hall–Kier alpha value is -3.22. The van der Waals surface area contributed by atoms with Gasteiger partial charge in [-0.25, -0.2) is 4.98 Å². The smallest absolute Gasteiger partial charge is 0.420 e. The van der Waals surface area contributed by atoms with Crippen molar-refractivity contribution in [3.8, 4) is 5.75 Å². The summed E-state index contributed by atoms with van der Waals surface area (Å²) in [7, 11) is 0. The zero-order chi connectivity index (χ0) is 30.6. The Balaban J connectivity index is 1.66. The predicted molar refractivity (Wildman–Crippen MR) is 141 cm³/mol. The molecule has 226 valence electrons. The molecule has 0 radical (unpaired) electrons. The standard InChI is InChI=1S/C27H31ClF6N4O3/c1-4-5-19-13-18(10-11-38(19)22-9-6-16(14-35-22)23(39)36-15-26(29,30)31)37-24(40)25(2,3)41-21-8-7-17(28)12-20(21)27(32,33)34/h6-9,12,14,18-19H,4-5,10-11,13,15H2,1-3H3,(H,36,39)(H,37,40). The summed E-state index contributed by atoms with van der Waals surface area (Å²) in [6, 6.07) is 5.68. The van der Waals surface area contributed by atoms with E-state index >= 15 is 0 Å². The Morgan fingerprint density at radius 3 is 2.41 bits per heavy atom. The van der Waals surface area contributed by atoms with Gasteiger partial charge in [0, 0.05) is 29.8 Å². The lowest BCUT2D eigenvalue weighted by molar-refractivity contribution is -0.143. The first-order valence-electron chi connectivity index (χ1n) is 12.9. The number of nitrogens with one attached hydrogen (secondary N) is 2. The van der Waals surface area contributed by atoms with Crippen molar-refractivity contribution in [2.24, 2.45) is 0 Å². The van der Waals surface area contributed by atoms with Crippen molar-refractivity contribution in [3.05, 3.63) is 52.7 Å². The van der Waals surface area contributed by atoms with Crippen LogP contribution >= 0.6 is 11.6 Å². The van der Waals surface area contributed by atoms with Gasteiger partial charge in [-0.15, -0.1) is 0 Å². The number of anilines is 1. The van der Waals surface area contributed by atoms with Crippen molar-refractivity contribution in [2.75, 3.05) is 18.0 Å². The number of alkyl halides is 6. The number of piperidine rings is 1. The molecule has 1 aromatic heterocycles. The summed E-state index contributed by atoms with van der Waals surface area (Å²) < 4.78 is 83.2. The van der Waals surface area contributed by atoms with E-state index in [1.165, 1.54) is 32.2 Å². The molecular weight excluding hydrogens is 578 g/mol. The number of hydrogen-bond acceptors (Lipinski definition) is 5. The molecule has 1 aliphatic heterocycles. The van der Waals surface area contributed by atoms with Gasteiger partial charge in [0.1, 0.15) is 18.1 Å². The van der Waals surface area contributed by atoms with Gasteiger partial charge in [-0.3, -0.25) is 9.59 Å². The fourth-order valence-electron chi connectivity index (χ4n) is 4.56. The molecule has 14 heteroatoms. The van der Waals surface area contributed by atoms with Gasteiger partial charge in [0.15, 0.2) is 5.60 Å². The molecule has 41 heavy (non-hydrogen) atoms. The van der Waals surface area contributed by atoms with Crippen molar-refractivity contribution in [1.29, 1.82) is 0 Å². The minimum absolute atomic E-state index is 0.0104. The first-order chi connectivity index (χ1) is 19.0. The second kappa shape index (κ2) is 12.7. The number of pyridine rings is 1. The molecule has 2 heterocycles. The lowest BCUT2D eigenvalue weighted by atomic mass is 9.93. The number of carbonyl (C=O) groups excluding carboxylic acids is 2. The lowest BCUT2D eigenvalue weighted by Crippen LogP contribution is -2.55. The third kappa shape index (κ3) is 8.88. The van der Waals surface area contributed by atoms with E-state index in [1.54, 1.807) is 11.4 Å². The van der Waals surface area contributed by atoms with Crippen molar-refractivity contribution >= 4 is 29.2 Å². The number of hydrogen-bond donors (Lipinski definition) is 2. The molecule has 2 atom stereocenters. The third-order valence-corrected chi connectivity index (χ3v) is 6.82. The number of halogens is 7. The van der Waals surface area contributed by atoms with E-state index in [9.17, 15) is 35.9 Å². The highest BCUT2D eigenvalue weighted by Crippen LogP contribution is 2.39. The first-order valence-corrected chi connectivity index (χ1v) is 13.3. The second-order valence-corrected chi connectivity index (χ2v) is 10.7. The number of aromatic nitrogens is 1. The average Bonchev–Trinajstić information content (AvgIpc) is 2.87. The van der Waals surface area contributed by atoms with Crippen molar-refractivity contribution < 1.29 is 40.7 Å². The average molecular weight is 609 g/mol. The maximum atomic E-state index is 13.5. The SMILES string of the molecule is CCCC1CC(NC(=O)C(C)(C)Oc2ccc(Cl)cc2C(F)(F)F)CCN1c1ccc(C(=O)NCC(F)(F)F)cn1. The third-order valence-electron chi connectivity index (χ3n) is 6.59. The molecule has 1 aromatic carbocycles. The summed E-state index contributed by atoms with van der Waals surface area (Å²) in [4.78, 5) is 31.4. The molecule has 1 aliphatic rings. The zero-order valence-electron chi connectivity index (χ0n) is 22.6. The summed E-state index contributed by atoms with van der Waals surface area (Å²) in [5.41, 5.74) is -2.72. The van der Waals surface area contributed by atoms with Gasteiger partial charge in [-0.2, -0.15) is 26.3 Å². The summed E-state index contributed by atoms with van der Waals surface area (Å²) in [6.07, 6.45) is -5.49. The fourth-order valence-corrected chi connectivity index (χ4v) is 4.73. The summed E-state index contributed by atoms with van der Waals surface area (Å²) in [5.74, 6) is -1.45. The van der Waals surface area contributed by atoms with Crippen LogP contribution in [0.3, 0.4) is 0 Å². The molecule has 0 bridgehead atoms. The van der Waals surface area contributed by atoms with E-state index < -0.39 is 47.6 Å². The van der Waals surface area contributed by atoms with Crippen LogP contribution in [0.25, 0.3) is 0 Å². The predicted octanol–water partition coefficient (Wildman–Crippen LogP) is 6.16. The largest absolute Gasteiger partial charge is 0.477 e. The number of rotatable bonds is 9. The molecule has 0 aliphatic carbocycles. The van der Waals surface area contributed by atoms with E-state index in [-0.39, 0.29) is 22.7 Å². The lowest BCUT2D eigenvalue weighted by Gasteiger charge is -2.41. The molecular formula is C27H31ClF6N4O3. The quantitative estimate of drug-likeness (QED) is 0.333. The summed E-state index contributed by atoms with van der Waals surface area (Å²) in [6.45, 7) is 3.77. The van der Waals surface area contributed by atoms with Gasteiger partial charge in [-0.1, -0.05) is 24.9 Å². The van der Waals surface area contributed by atoms with Crippen LogP contribution in [0, 0.1) is 0 Å². The van der Waals surface area contributed by atoms with Crippen LogP contribution < -0.4 is 20.3 Å². The molecule has 1 saturated heterocycles. The molecule has 0 saturated carbocycles. The van der Waals surface area contributed by atoms with Crippen molar-refractivity contribution in [3.63, 3.8) is 0 Å². The summed E-state index contributed by atoms with van der Waals surface area (Å²) >= 11 is 5.73. The minimum atomic E-state index is -4.73. The number of carbonyl (C=O) groups is 2. The molecule has 0 spiro atoms. The Bertz CT molecular complexity index is 1220. The van der Waals surface area contributed by atoms with Gasteiger partial charge >= 0.3 is 12.4 Å². The maximum absolute atomic E-state index is 13.5. The number of ether oxygens (including phenoxy) is 1. The monoisotopic (exact) mass is 608 g/mol. The molecule has 1 fully saturated rings. The highest BCUT2D eigenvalue weighted by atomic mass is 35.5. The van der Waals surface area contributed by atoms with Crippen LogP contribution in [0.5, 0.6) is 5.75 Å². The first kappa shape index (κ1) is 32.3. The van der Waals surface area contributed by atoms with E-state index in [4.69, 9.17) is 16.3 Å². The maximum Gasteiger partial charge on any atom is 0.420 e. The molecule has 2 N–H and O–H groups in total. The minimum Gasteiger partial charge on any atom is -0.477 e. The topological polar surface area (TPSA) is 83.6 Å². The number of amides is 2. The van der Waals surface area contributed by atoms with E-state index in [1.807, 2.05) is 11.8 Å². The molecule has 3 rings (SSSR count). The second-order valence-electron chi connectivity index (χ2n) is 10.3. The van der Waals surface area contributed by atoms with Gasteiger partial charge in [0.05, 0.1) is 11.1 Å². The zero-order valence-corrected chi connectivity index (χ0v) is 23.4. The number of benzene rings is 1. The summed E-state index contributed by atoms with van der Waals surface area (Å²) in [5, 5.41) is 4.58. The van der Waals surface area contributed by atoms with Crippen LogP contribution in [0.1, 0.15) is 62.4 Å². The van der Waals surface area contributed by atoms with Crippen molar-refractivity contribution in [1.82, 2.24) is 15.6 Å². The van der Waals surface area contributed by atoms with Gasteiger partial charge in [0.2, 0.25) is 0 Å². The van der Waals surface area contributed by atoms with Crippen LogP contribution in [-0.4, -0.2) is 53.7 Å². The molecule has 2 unspecified atom stereocenters. The number of nitrogens with zero attached hydrogens (tertiary/aromatic N) is 2. The van der Waals surface area contributed by atoms with Crippen LogP contribution in [0.2, 0.25) is 5.02 Å². The Labute approximate surface area is 238 Å². The Morgan fingerprint density at radius 2 is 1.83 bits per heavy atom. The van der Waals surface area contributed by atoms with Crippen LogP contribution in [-0.2, 0) is 11.0 Å². The van der Waals surface area contributed by atoms with Gasteiger partial charge in [0.25, 0.3) is 11.8 Å². The molecule has 2 aromatic rings. The van der Waals surface area contributed by atoms with E-state index in [2.05, 4.69) is 10.3 Å². The van der Waals surface area contributed by atoms with E-state index in [0.29, 0.717) is 25.2 Å². The van der Waals surface area contributed by atoms with Gasteiger partial charge < -0.3 is 20.3 Å². The van der Waals surface area contributed by atoms with E-state index in [0.717, 1.165) is 25.0 Å². The molecule has 7 nitrogen and oxygen atoms in total. The normalized spacial score (nSPS) is 18.1. The van der Waals surface area contributed by atoms with Crippen LogP contribution in [0.4, 0.5) is 32.2 Å². The van der Waals surface area contributed by atoms with Gasteiger partial charge in [-0.05, 0) is 63.4 Å². The highest BCUT2D eigenvalue weighted by Gasteiger charge is 2.39. The van der Waals surface area contributed by atoms with Crippen LogP contribution in [0.15, 0.2) is 36.5 Å². The fraction of sp³-hybridized carbons (Fsp3) is 0.519. The molecule has 2 amide bonds. The Kier molecular flexibility index (Phi) is 10.0. The Morgan fingerprint density at radius 1 is 1.12 bits per heavy atom. The van der Waals surface area contributed by atoms with Crippen molar-refractivity contribution in [2.45, 2.75) is 76.5 Å².